The fraction of sp³-hybridized carbons (Fsp3) is 0.118. The largest absolute Gasteiger partial charge is 0.448 e. The molecule has 3 aromatic rings. The van der Waals surface area contributed by atoms with E-state index >= 15 is 0 Å². The molecule has 0 fully saturated rings. The van der Waals surface area contributed by atoms with Gasteiger partial charge in [0.15, 0.2) is 11.8 Å². The number of hydrogen-bond donors (Lipinski definition) is 1. The summed E-state index contributed by atoms with van der Waals surface area (Å²) in [6.45, 7) is 1.50. The molecular formula is C17H13ClN2O3S2. The third-order valence-corrected chi connectivity index (χ3v) is 5.44. The predicted molar refractivity (Wildman–Crippen MR) is 100 cm³/mol. The van der Waals surface area contributed by atoms with Gasteiger partial charge in [0.2, 0.25) is 0 Å². The molecule has 2 heterocycles. The number of carbonyl (C=O) groups excluding carboxylic acids is 2. The van der Waals surface area contributed by atoms with Crippen LogP contribution in [0.1, 0.15) is 17.4 Å². The van der Waals surface area contributed by atoms with Crippen molar-refractivity contribution in [1.29, 1.82) is 0 Å². The number of amides is 1. The summed E-state index contributed by atoms with van der Waals surface area (Å²) < 4.78 is 5.19. The van der Waals surface area contributed by atoms with Crippen LogP contribution in [-0.4, -0.2) is 23.0 Å². The van der Waals surface area contributed by atoms with Gasteiger partial charge in [0, 0.05) is 5.38 Å². The first-order valence-corrected chi connectivity index (χ1v) is 9.44. The van der Waals surface area contributed by atoms with Crippen molar-refractivity contribution in [1.82, 2.24) is 4.98 Å². The highest BCUT2D eigenvalue weighted by Gasteiger charge is 2.21. The van der Waals surface area contributed by atoms with Crippen molar-refractivity contribution in [3.05, 3.63) is 57.9 Å². The van der Waals surface area contributed by atoms with E-state index in [-0.39, 0.29) is 5.69 Å². The Morgan fingerprint density at radius 2 is 2.00 bits per heavy atom. The SMILES string of the molecule is C[C@H](OC(=O)c1csc(-c2cccs2)n1)C(=O)Nc1ccccc1Cl. The summed E-state index contributed by atoms with van der Waals surface area (Å²) >= 11 is 8.89. The summed E-state index contributed by atoms with van der Waals surface area (Å²) in [7, 11) is 0. The maximum absolute atomic E-state index is 12.2. The Morgan fingerprint density at radius 1 is 1.20 bits per heavy atom. The van der Waals surface area contributed by atoms with Crippen LogP contribution in [0.15, 0.2) is 47.2 Å². The van der Waals surface area contributed by atoms with Gasteiger partial charge in [-0.25, -0.2) is 9.78 Å². The maximum atomic E-state index is 12.2. The Balaban J connectivity index is 1.62. The highest BCUT2D eigenvalue weighted by molar-refractivity contribution is 7.20. The molecule has 0 radical (unpaired) electrons. The monoisotopic (exact) mass is 392 g/mol. The quantitative estimate of drug-likeness (QED) is 0.638. The molecule has 1 N–H and O–H groups in total. The van der Waals surface area contributed by atoms with Crippen molar-refractivity contribution in [2.24, 2.45) is 0 Å². The number of esters is 1. The molecule has 1 atom stereocenters. The molecule has 0 saturated heterocycles. The average molecular weight is 393 g/mol. The molecule has 0 saturated carbocycles. The van der Waals surface area contributed by atoms with Gasteiger partial charge in [-0.1, -0.05) is 29.8 Å². The lowest BCUT2D eigenvalue weighted by Gasteiger charge is -2.13. The van der Waals surface area contributed by atoms with Gasteiger partial charge < -0.3 is 10.1 Å². The molecule has 3 rings (SSSR count). The first-order chi connectivity index (χ1) is 12.0. The predicted octanol–water partition coefficient (Wildman–Crippen LogP) is 4.71. The molecule has 2 aromatic heterocycles. The lowest BCUT2D eigenvalue weighted by molar-refractivity contribution is -0.123. The summed E-state index contributed by atoms with van der Waals surface area (Å²) in [5, 5.41) is 7.35. The van der Waals surface area contributed by atoms with Gasteiger partial charge in [0.05, 0.1) is 15.6 Å². The Bertz CT molecular complexity index is 893. The number of nitrogens with one attached hydrogen (secondary N) is 1. The Morgan fingerprint density at radius 3 is 2.72 bits per heavy atom. The van der Waals surface area contributed by atoms with Crippen molar-refractivity contribution in [2.75, 3.05) is 5.32 Å². The number of rotatable bonds is 5. The highest BCUT2D eigenvalue weighted by atomic mass is 35.5. The summed E-state index contributed by atoms with van der Waals surface area (Å²) in [5.74, 6) is -1.10. The minimum absolute atomic E-state index is 0.186. The van der Waals surface area contributed by atoms with E-state index in [2.05, 4.69) is 10.3 Å². The molecule has 5 nitrogen and oxygen atoms in total. The van der Waals surface area contributed by atoms with Gasteiger partial charge in [-0.15, -0.1) is 22.7 Å². The standard InChI is InChI=1S/C17H13ClN2O3S2/c1-10(15(21)19-12-6-3-2-5-11(12)18)23-17(22)13-9-25-16(20-13)14-7-4-8-24-14/h2-10H,1H3,(H,19,21)/t10-/m0/s1. The lowest BCUT2D eigenvalue weighted by Crippen LogP contribution is -2.30. The van der Waals surface area contributed by atoms with Gasteiger partial charge in [-0.3, -0.25) is 4.79 Å². The smallest absolute Gasteiger partial charge is 0.358 e. The van der Waals surface area contributed by atoms with Crippen LogP contribution in [0.3, 0.4) is 0 Å². The summed E-state index contributed by atoms with van der Waals surface area (Å²) in [6, 6.07) is 10.7. The van der Waals surface area contributed by atoms with Crippen molar-refractivity contribution >= 4 is 51.8 Å². The van der Waals surface area contributed by atoms with Crippen molar-refractivity contribution in [3.63, 3.8) is 0 Å². The molecule has 0 aliphatic rings. The second kappa shape index (κ2) is 7.77. The lowest BCUT2D eigenvalue weighted by atomic mass is 10.3. The van der Waals surface area contributed by atoms with E-state index in [0.717, 1.165) is 9.88 Å². The zero-order valence-electron chi connectivity index (χ0n) is 13.1. The van der Waals surface area contributed by atoms with E-state index in [4.69, 9.17) is 16.3 Å². The van der Waals surface area contributed by atoms with Gasteiger partial charge in [0.1, 0.15) is 5.01 Å². The highest BCUT2D eigenvalue weighted by Crippen LogP contribution is 2.28. The van der Waals surface area contributed by atoms with E-state index in [1.165, 1.54) is 18.3 Å². The van der Waals surface area contributed by atoms with Crippen LogP contribution < -0.4 is 5.32 Å². The molecule has 0 spiro atoms. The van der Waals surface area contributed by atoms with Gasteiger partial charge >= 0.3 is 5.97 Å². The molecule has 0 bridgehead atoms. The number of halogens is 1. The number of carbonyl (C=O) groups is 2. The van der Waals surface area contributed by atoms with Crippen molar-refractivity contribution in [3.8, 4) is 9.88 Å². The van der Waals surface area contributed by atoms with Crippen LogP contribution in [0.25, 0.3) is 9.88 Å². The summed E-state index contributed by atoms with van der Waals surface area (Å²) in [4.78, 5) is 29.6. The summed E-state index contributed by atoms with van der Waals surface area (Å²) in [6.07, 6.45) is -0.976. The number of anilines is 1. The fourth-order valence-electron chi connectivity index (χ4n) is 1.95. The summed E-state index contributed by atoms with van der Waals surface area (Å²) in [5.41, 5.74) is 0.650. The Kier molecular flexibility index (Phi) is 5.47. The molecule has 128 valence electrons. The zero-order chi connectivity index (χ0) is 17.8. The normalized spacial score (nSPS) is 11.8. The third-order valence-electron chi connectivity index (χ3n) is 3.23. The molecule has 25 heavy (non-hydrogen) atoms. The maximum Gasteiger partial charge on any atom is 0.358 e. The van der Waals surface area contributed by atoms with E-state index in [1.54, 1.807) is 41.0 Å². The van der Waals surface area contributed by atoms with E-state index in [9.17, 15) is 9.59 Å². The zero-order valence-corrected chi connectivity index (χ0v) is 15.5. The Labute approximate surface area is 157 Å². The molecule has 0 unspecified atom stereocenters. The second-order valence-electron chi connectivity index (χ2n) is 5.03. The minimum atomic E-state index is -0.976. The van der Waals surface area contributed by atoms with Gasteiger partial charge in [-0.2, -0.15) is 0 Å². The molecular weight excluding hydrogens is 380 g/mol. The number of thiazole rings is 1. The minimum Gasteiger partial charge on any atom is -0.448 e. The van der Waals surface area contributed by atoms with Crippen LogP contribution in [-0.2, 0) is 9.53 Å². The number of thiophene rings is 1. The topological polar surface area (TPSA) is 68.3 Å². The van der Waals surface area contributed by atoms with E-state index < -0.39 is 18.0 Å². The van der Waals surface area contributed by atoms with E-state index in [0.29, 0.717) is 10.7 Å². The van der Waals surface area contributed by atoms with Crippen LogP contribution in [0.5, 0.6) is 0 Å². The fourth-order valence-corrected chi connectivity index (χ4v) is 3.74. The number of benzene rings is 1. The van der Waals surface area contributed by atoms with Gasteiger partial charge in [0.25, 0.3) is 5.91 Å². The van der Waals surface area contributed by atoms with Crippen molar-refractivity contribution in [2.45, 2.75) is 13.0 Å². The van der Waals surface area contributed by atoms with E-state index in [1.807, 2.05) is 17.5 Å². The third kappa shape index (κ3) is 4.25. The van der Waals surface area contributed by atoms with Crippen molar-refractivity contribution < 1.29 is 14.3 Å². The van der Waals surface area contributed by atoms with Crippen LogP contribution in [0.2, 0.25) is 5.02 Å². The number of ether oxygens (including phenoxy) is 1. The van der Waals surface area contributed by atoms with Crippen LogP contribution in [0, 0.1) is 0 Å². The van der Waals surface area contributed by atoms with Crippen LogP contribution in [0.4, 0.5) is 5.69 Å². The molecule has 8 heteroatoms. The first kappa shape index (κ1) is 17.6. The first-order valence-electron chi connectivity index (χ1n) is 7.30. The molecule has 1 amide bonds. The second-order valence-corrected chi connectivity index (χ2v) is 7.24. The Hall–Kier alpha value is -2.22. The molecule has 0 aliphatic carbocycles. The average Bonchev–Trinajstić information content (AvgIpc) is 3.28. The van der Waals surface area contributed by atoms with Crippen LogP contribution >= 0.6 is 34.3 Å². The number of para-hydroxylation sites is 1. The molecule has 0 aliphatic heterocycles. The number of hydrogen-bond acceptors (Lipinski definition) is 6. The van der Waals surface area contributed by atoms with Gasteiger partial charge in [-0.05, 0) is 30.5 Å². The number of nitrogens with zero attached hydrogens (tertiary/aromatic N) is 1. The number of aromatic nitrogens is 1. The molecule has 1 aromatic carbocycles.